The van der Waals surface area contributed by atoms with Crippen LogP contribution in [0.3, 0.4) is 0 Å². The minimum Gasteiger partial charge on any atom is -0.454 e. The molecule has 0 aliphatic carbocycles. The average Bonchev–Trinajstić information content (AvgIpc) is 3.17. The number of para-hydroxylation sites is 1. The fraction of sp³-hybridized carbons (Fsp3) is 0.100. The molecule has 1 aliphatic heterocycles. The highest BCUT2D eigenvalue weighted by Gasteiger charge is 2.14. The van der Waals surface area contributed by atoms with E-state index in [1.165, 1.54) is 24.4 Å². The molecule has 142 valence electrons. The van der Waals surface area contributed by atoms with Crippen molar-refractivity contribution in [3.05, 3.63) is 77.5 Å². The number of hydrogen-bond acceptors (Lipinski definition) is 5. The molecule has 0 atom stereocenters. The molecule has 2 heterocycles. The predicted octanol–water partition coefficient (Wildman–Crippen LogP) is 3.76. The Hall–Kier alpha value is -3.68. The molecule has 0 unspecified atom stereocenters. The van der Waals surface area contributed by atoms with E-state index in [9.17, 15) is 13.6 Å². The summed E-state index contributed by atoms with van der Waals surface area (Å²) < 4.78 is 38.1. The summed E-state index contributed by atoms with van der Waals surface area (Å²) in [6, 6.07) is 11.9. The zero-order valence-electron chi connectivity index (χ0n) is 14.5. The molecule has 3 aromatic rings. The number of ether oxygens (including phenoxy) is 2. The van der Waals surface area contributed by atoms with E-state index >= 15 is 0 Å². The van der Waals surface area contributed by atoms with E-state index in [1.807, 2.05) is 6.07 Å². The number of amides is 1. The number of nitrogens with one attached hydrogen (secondary N) is 2. The Morgan fingerprint density at radius 2 is 1.82 bits per heavy atom. The van der Waals surface area contributed by atoms with E-state index in [2.05, 4.69) is 15.6 Å². The van der Waals surface area contributed by atoms with Crippen molar-refractivity contribution in [2.45, 2.75) is 6.54 Å². The Labute approximate surface area is 159 Å². The fourth-order valence-electron chi connectivity index (χ4n) is 2.72. The standard InChI is InChI=1S/C20H15F2N3O3/c21-14-2-1-3-15(22)19(14)25-18-9-13(6-7-23-18)20(26)24-10-12-4-5-16-17(8-12)28-11-27-16/h1-9H,10-11H2,(H,23,25)(H,24,26). The summed E-state index contributed by atoms with van der Waals surface area (Å²) in [5.74, 6) is -0.398. The lowest BCUT2D eigenvalue weighted by molar-refractivity contribution is 0.0950. The number of nitrogens with zero attached hydrogens (tertiary/aromatic N) is 1. The van der Waals surface area contributed by atoms with Crippen LogP contribution < -0.4 is 20.1 Å². The van der Waals surface area contributed by atoms with E-state index in [0.29, 0.717) is 17.1 Å². The van der Waals surface area contributed by atoms with Crippen LogP contribution in [0.25, 0.3) is 0 Å². The molecule has 0 spiro atoms. The van der Waals surface area contributed by atoms with Gasteiger partial charge < -0.3 is 20.1 Å². The van der Waals surface area contributed by atoms with Gasteiger partial charge >= 0.3 is 0 Å². The van der Waals surface area contributed by atoms with Crippen molar-refractivity contribution >= 4 is 17.4 Å². The number of pyridine rings is 1. The van der Waals surface area contributed by atoms with Gasteiger partial charge in [0.1, 0.15) is 23.1 Å². The smallest absolute Gasteiger partial charge is 0.251 e. The van der Waals surface area contributed by atoms with Crippen molar-refractivity contribution in [2.75, 3.05) is 12.1 Å². The van der Waals surface area contributed by atoms with Crippen molar-refractivity contribution in [3.8, 4) is 11.5 Å². The maximum absolute atomic E-state index is 13.8. The van der Waals surface area contributed by atoms with Gasteiger partial charge in [-0.1, -0.05) is 12.1 Å². The third-order valence-electron chi connectivity index (χ3n) is 4.13. The number of rotatable bonds is 5. The predicted molar refractivity (Wildman–Crippen MR) is 97.6 cm³/mol. The van der Waals surface area contributed by atoms with Crippen LogP contribution in [0.2, 0.25) is 0 Å². The van der Waals surface area contributed by atoms with Gasteiger partial charge in [0.2, 0.25) is 6.79 Å². The van der Waals surface area contributed by atoms with E-state index in [4.69, 9.17) is 9.47 Å². The van der Waals surface area contributed by atoms with Crippen LogP contribution in [-0.4, -0.2) is 17.7 Å². The van der Waals surface area contributed by atoms with Crippen molar-refractivity contribution in [2.24, 2.45) is 0 Å². The van der Waals surface area contributed by atoms with Gasteiger partial charge in [0.15, 0.2) is 11.5 Å². The van der Waals surface area contributed by atoms with E-state index < -0.39 is 11.6 Å². The topological polar surface area (TPSA) is 72.5 Å². The van der Waals surface area contributed by atoms with Gasteiger partial charge in [-0.25, -0.2) is 13.8 Å². The maximum Gasteiger partial charge on any atom is 0.251 e. The summed E-state index contributed by atoms with van der Waals surface area (Å²) >= 11 is 0. The second-order valence-electron chi connectivity index (χ2n) is 6.02. The Morgan fingerprint density at radius 1 is 1.04 bits per heavy atom. The van der Waals surface area contributed by atoms with E-state index in [0.717, 1.165) is 17.7 Å². The van der Waals surface area contributed by atoms with Crippen molar-refractivity contribution in [1.82, 2.24) is 10.3 Å². The monoisotopic (exact) mass is 383 g/mol. The molecule has 1 aliphatic rings. The van der Waals surface area contributed by atoms with Crippen LogP contribution in [0.15, 0.2) is 54.7 Å². The van der Waals surface area contributed by atoms with Gasteiger partial charge in [-0.3, -0.25) is 4.79 Å². The number of fused-ring (bicyclic) bond motifs is 1. The lowest BCUT2D eigenvalue weighted by Gasteiger charge is -2.10. The third-order valence-corrected chi connectivity index (χ3v) is 4.13. The summed E-state index contributed by atoms with van der Waals surface area (Å²) in [6.07, 6.45) is 1.39. The second-order valence-corrected chi connectivity index (χ2v) is 6.02. The fourth-order valence-corrected chi connectivity index (χ4v) is 2.72. The molecule has 4 rings (SSSR count). The lowest BCUT2D eigenvalue weighted by Crippen LogP contribution is -2.22. The molecule has 28 heavy (non-hydrogen) atoms. The van der Waals surface area contributed by atoms with Crippen LogP contribution in [0, 0.1) is 11.6 Å². The van der Waals surface area contributed by atoms with Crippen LogP contribution in [0.1, 0.15) is 15.9 Å². The molecule has 1 amide bonds. The molecule has 1 aromatic heterocycles. The summed E-state index contributed by atoms with van der Waals surface area (Å²) in [5, 5.41) is 5.35. The van der Waals surface area contributed by atoms with E-state index in [-0.39, 0.29) is 30.8 Å². The van der Waals surface area contributed by atoms with Gasteiger partial charge in [0, 0.05) is 18.3 Å². The average molecular weight is 383 g/mol. The van der Waals surface area contributed by atoms with Gasteiger partial charge in [-0.2, -0.15) is 0 Å². The highest BCUT2D eigenvalue weighted by atomic mass is 19.1. The number of benzene rings is 2. The van der Waals surface area contributed by atoms with Crippen molar-refractivity contribution < 1.29 is 23.0 Å². The molecule has 0 radical (unpaired) electrons. The Kier molecular flexibility index (Phi) is 4.76. The van der Waals surface area contributed by atoms with Crippen LogP contribution >= 0.6 is 0 Å². The van der Waals surface area contributed by atoms with Gasteiger partial charge in [-0.05, 0) is 42.0 Å². The zero-order chi connectivity index (χ0) is 19.5. The number of anilines is 2. The Bertz CT molecular complexity index is 1020. The molecule has 2 aromatic carbocycles. The highest BCUT2D eigenvalue weighted by molar-refractivity contribution is 5.94. The molecule has 0 fully saturated rings. The highest BCUT2D eigenvalue weighted by Crippen LogP contribution is 2.32. The van der Waals surface area contributed by atoms with E-state index in [1.54, 1.807) is 12.1 Å². The van der Waals surface area contributed by atoms with Gasteiger partial charge in [0.25, 0.3) is 5.91 Å². The SMILES string of the molecule is O=C(NCc1ccc2c(c1)OCO2)c1ccnc(Nc2c(F)cccc2F)c1. The number of carbonyl (C=O) groups is 1. The zero-order valence-corrected chi connectivity index (χ0v) is 14.5. The number of carbonyl (C=O) groups excluding carboxylic acids is 1. The molecule has 6 nitrogen and oxygen atoms in total. The summed E-state index contributed by atoms with van der Waals surface area (Å²) in [6.45, 7) is 0.461. The molecule has 2 N–H and O–H groups in total. The number of aromatic nitrogens is 1. The second kappa shape index (κ2) is 7.51. The van der Waals surface area contributed by atoms with Crippen molar-refractivity contribution in [1.29, 1.82) is 0 Å². The molecule has 8 heteroatoms. The first-order chi connectivity index (χ1) is 13.6. The van der Waals surface area contributed by atoms with Crippen LogP contribution in [-0.2, 0) is 6.54 Å². The summed E-state index contributed by atoms with van der Waals surface area (Å²) in [5.41, 5.74) is 0.821. The first-order valence-electron chi connectivity index (χ1n) is 8.44. The van der Waals surface area contributed by atoms with Crippen LogP contribution in [0.5, 0.6) is 11.5 Å². The Balaban J connectivity index is 1.44. The minimum atomic E-state index is -0.750. The molecule has 0 saturated carbocycles. The number of halogens is 2. The molecule has 0 bridgehead atoms. The minimum absolute atomic E-state index is 0.153. The summed E-state index contributed by atoms with van der Waals surface area (Å²) in [7, 11) is 0. The quantitative estimate of drug-likeness (QED) is 0.702. The maximum atomic E-state index is 13.8. The van der Waals surface area contributed by atoms with Crippen molar-refractivity contribution in [3.63, 3.8) is 0 Å². The first kappa shape index (κ1) is 17.7. The molecular weight excluding hydrogens is 368 g/mol. The number of hydrogen-bond donors (Lipinski definition) is 2. The summed E-state index contributed by atoms with van der Waals surface area (Å²) in [4.78, 5) is 16.4. The third kappa shape index (κ3) is 3.71. The normalized spacial score (nSPS) is 11.9. The molecular formula is C20H15F2N3O3. The largest absolute Gasteiger partial charge is 0.454 e. The lowest BCUT2D eigenvalue weighted by atomic mass is 10.2. The Morgan fingerprint density at radius 3 is 2.64 bits per heavy atom. The first-order valence-corrected chi connectivity index (χ1v) is 8.44. The van der Waals surface area contributed by atoms with Crippen LogP contribution in [0.4, 0.5) is 20.3 Å². The van der Waals surface area contributed by atoms with Gasteiger partial charge in [0.05, 0.1) is 0 Å². The van der Waals surface area contributed by atoms with Gasteiger partial charge in [-0.15, -0.1) is 0 Å². The molecule has 0 saturated heterocycles.